The Balaban J connectivity index is 1.66. The molecule has 0 saturated heterocycles. The van der Waals surface area contributed by atoms with E-state index in [0.29, 0.717) is 6.61 Å². The van der Waals surface area contributed by atoms with Gasteiger partial charge in [0.15, 0.2) is 10.8 Å². The zero-order chi connectivity index (χ0) is 20.1. The molecule has 8 heteroatoms. The van der Waals surface area contributed by atoms with Crippen LogP contribution in [0.3, 0.4) is 0 Å². The molecule has 0 amide bonds. The fraction of sp³-hybridized carbons (Fsp3) is 0.333. The highest BCUT2D eigenvalue weighted by atomic mass is 32.1. The predicted molar refractivity (Wildman–Crippen MR) is 113 cm³/mol. The third kappa shape index (κ3) is 2.95. The van der Waals surface area contributed by atoms with E-state index in [1.165, 1.54) is 4.88 Å². The summed E-state index contributed by atoms with van der Waals surface area (Å²) in [7, 11) is 0. The van der Waals surface area contributed by atoms with Crippen LogP contribution >= 0.6 is 11.3 Å². The van der Waals surface area contributed by atoms with Crippen LogP contribution in [-0.4, -0.2) is 36.6 Å². The minimum absolute atomic E-state index is 0.227. The molecule has 0 bridgehead atoms. The zero-order valence-corrected chi connectivity index (χ0v) is 17.7. The van der Waals surface area contributed by atoms with Crippen LogP contribution in [0.25, 0.3) is 33.2 Å². The highest BCUT2D eigenvalue weighted by molar-refractivity contribution is 7.15. The Morgan fingerprint density at radius 1 is 1.24 bits per heavy atom. The molecule has 29 heavy (non-hydrogen) atoms. The average Bonchev–Trinajstić information content (AvgIpc) is 3.39. The average molecular weight is 407 g/mol. The second-order valence-corrected chi connectivity index (χ2v) is 8.61. The van der Waals surface area contributed by atoms with Gasteiger partial charge in [0, 0.05) is 34.2 Å². The number of nitrogens with zero attached hydrogens (tertiary/aromatic N) is 5. The lowest BCUT2D eigenvalue weighted by molar-refractivity contribution is 0.327. The van der Waals surface area contributed by atoms with Gasteiger partial charge in [0.1, 0.15) is 12.1 Å². The van der Waals surface area contributed by atoms with E-state index < -0.39 is 0 Å². The summed E-state index contributed by atoms with van der Waals surface area (Å²) in [6.07, 6.45) is 2.43. The third-order valence-corrected chi connectivity index (χ3v) is 6.30. The van der Waals surface area contributed by atoms with Gasteiger partial charge in [-0.3, -0.25) is 5.10 Å². The molecule has 0 radical (unpaired) electrons. The van der Waals surface area contributed by atoms with E-state index in [1.54, 1.807) is 17.7 Å². The van der Waals surface area contributed by atoms with E-state index in [-0.39, 0.29) is 6.04 Å². The van der Waals surface area contributed by atoms with Gasteiger partial charge in [-0.25, -0.2) is 14.6 Å². The first-order chi connectivity index (χ1) is 14.0. The summed E-state index contributed by atoms with van der Waals surface area (Å²) in [5.41, 5.74) is 6.30. The molecule has 5 rings (SSSR count). The van der Waals surface area contributed by atoms with Crippen molar-refractivity contribution in [1.82, 2.24) is 29.9 Å². The van der Waals surface area contributed by atoms with Crippen molar-refractivity contribution in [2.45, 2.75) is 40.2 Å². The minimum atomic E-state index is 0.227. The van der Waals surface area contributed by atoms with Crippen molar-refractivity contribution in [2.24, 2.45) is 0 Å². The Morgan fingerprint density at radius 2 is 2.10 bits per heavy atom. The van der Waals surface area contributed by atoms with Crippen molar-refractivity contribution >= 4 is 11.3 Å². The number of hydrogen-bond donors (Lipinski definition) is 1. The fourth-order valence-corrected chi connectivity index (χ4v) is 4.88. The van der Waals surface area contributed by atoms with E-state index in [2.05, 4.69) is 46.3 Å². The summed E-state index contributed by atoms with van der Waals surface area (Å²) >= 11 is 1.68. The first-order valence-electron chi connectivity index (χ1n) is 9.71. The lowest BCUT2D eigenvalue weighted by Gasteiger charge is -2.10. The molecule has 0 aliphatic carbocycles. The van der Waals surface area contributed by atoms with Crippen LogP contribution in [0.2, 0.25) is 0 Å². The second kappa shape index (κ2) is 6.81. The molecule has 0 spiro atoms. The van der Waals surface area contributed by atoms with E-state index >= 15 is 0 Å². The van der Waals surface area contributed by atoms with Crippen molar-refractivity contribution in [2.75, 3.05) is 6.61 Å². The number of benzene rings is 1. The Hall–Kier alpha value is -3.00. The topological polar surface area (TPSA) is 81.5 Å². The number of rotatable bonds is 3. The second-order valence-electron chi connectivity index (χ2n) is 7.53. The Morgan fingerprint density at radius 3 is 2.86 bits per heavy atom. The summed E-state index contributed by atoms with van der Waals surface area (Å²) in [6.45, 7) is 8.90. The van der Waals surface area contributed by atoms with Crippen LogP contribution in [0.1, 0.15) is 36.2 Å². The minimum Gasteiger partial charge on any atom is -0.493 e. The normalized spacial score (nSPS) is 13.1. The van der Waals surface area contributed by atoms with Crippen LogP contribution < -0.4 is 4.74 Å². The Bertz CT molecular complexity index is 1180. The standard InChI is InChI=1S/C21H22N6OS/c1-11(2)27-20(22-10-23-27)21-24-19-15-9-14(18-12(3)25-26-13(18)4)5-6-16(15)28-8-7-17(19)29-21/h5-6,9-11H,7-8H2,1-4H3,(H,25,26). The Labute approximate surface area is 172 Å². The van der Waals surface area contributed by atoms with Crippen LogP contribution in [0.4, 0.5) is 0 Å². The lowest BCUT2D eigenvalue weighted by atomic mass is 9.99. The van der Waals surface area contributed by atoms with E-state index in [1.807, 2.05) is 24.6 Å². The molecular formula is C21H22N6OS. The maximum absolute atomic E-state index is 6.02. The van der Waals surface area contributed by atoms with Gasteiger partial charge in [0.05, 0.1) is 18.0 Å². The largest absolute Gasteiger partial charge is 0.493 e. The van der Waals surface area contributed by atoms with Gasteiger partial charge in [-0.15, -0.1) is 11.3 Å². The number of aryl methyl sites for hydroxylation is 2. The Kier molecular flexibility index (Phi) is 4.24. The van der Waals surface area contributed by atoms with Crippen molar-refractivity contribution < 1.29 is 4.74 Å². The molecule has 1 aliphatic rings. The number of fused-ring (bicyclic) bond motifs is 3. The number of thiazole rings is 1. The van der Waals surface area contributed by atoms with Crippen LogP contribution in [0, 0.1) is 13.8 Å². The van der Waals surface area contributed by atoms with Crippen molar-refractivity contribution in [1.29, 1.82) is 0 Å². The molecule has 1 aromatic carbocycles. The monoisotopic (exact) mass is 406 g/mol. The third-order valence-electron chi connectivity index (χ3n) is 5.19. The molecule has 148 valence electrons. The summed E-state index contributed by atoms with van der Waals surface area (Å²) in [6, 6.07) is 6.53. The van der Waals surface area contributed by atoms with E-state index in [0.717, 1.165) is 56.8 Å². The highest BCUT2D eigenvalue weighted by Gasteiger charge is 2.24. The first kappa shape index (κ1) is 18.1. The molecular weight excluding hydrogens is 384 g/mol. The zero-order valence-electron chi connectivity index (χ0n) is 16.9. The number of hydrogen-bond acceptors (Lipinski definition) is 6. The maximum Gasteiger partial charge on any atom is 0.187 e. The smallest absolute Gasteiger partial charge is 0.187 e. The van der Waals surface area contributed by atoms with E-state index in [4.69, 9.17) is 9.72 Å². The number of H-pyrrole nitrogens is 1. The van der Waals surface area contributed by atoms with Crippen LogP contribution in [0.15, 0.2) is 24.5 Å². The number of ether oxygens (including phenoxy) is 1. The number of aromatic nitrogens is 6. The fourth-order valence-electron chi connectivity index (χ4n) is 3.83. The molecule has 4 heterocycles. The van der Waals surface area contributed by atoms with Gasteiger partial charge in [-0.05, 0) is 45.4 Å². The van der Waals surface area contributed by atoms with Gasteiger partial charge in [0.2, 0.25) is 0 Å². The van der Waals surface area contributed by atoms with Gasteiger partial charge in [-0.2, -0.15) is 10.2 Å². The molecule has 1 aliphatic heterocycles. The van der Waals surface area contributed by atoms with Crippen LogP contribution in [-0.2, 0) is 6.42 Å². The summed E-state index contributed by atoms with van der Waals surface area (Å²) in [5.74, 6) is 1.69. The molecule has 0 fully saturated rings. The molecule has 4 aromatic rings. The molecule has 0 unspecified atom stereocenters. The molecule has 0 saturated carbocycles. The lowest BCUT2D eigenvalue weighted by Crippen LogP contribution is -2.04. The SMILES string of the molecule is Cc1n[nH]c(C)c1-c1ccc2c(c1)-c1nc(-c3ncnn3C(C)C)sc1CCO2. The number of nitrogens with one attached hydrogen (secondary N) is 1. The molecule has 3 aromatic heterocycles. The van der Waals surface area contributed by atoms with E-state index in [9.17, 15) is 0 Å². The summed E-state index contributed by atoms with van der Waals surface area (Å²) < 4.78 is 7.95. The maximum atomic E-state index is 6.02. The highest BCUT2D eigenvalue weighted by Crippen LogP contribution is 2.42. The number of aromatic amines is 1. The summed E-state index contributed by atoms with van der Waals surface area (Å²) in [5, 5.41) is 12.7. The van der Waals surface area contributed by atoms with Crippen molar-refractivity contribution in [3.63, 3.8) is 0 Å². The first-order valence-corrected chi connectivity index (χ1v) is 10.5. The van der Waals surface area contributed by atoms with Gasteiger partial charge in [0.25, 0.3) is 0 Å². The molecule has 7 nitrogen and oxygen atoms in total. The predicted octanol–water partition coefficient (Wildman–Crippen LogP) is 4.59. The molecule has 1 N–H and O–H groups in total. The van der Waals surface area contributed by atoms with Gasteiger partial charge in [-0.1, -0.05) is 6.07 Å². The quantitative estimate of drug-likeness (QED) is 0.538. The van der Waals surface area contributed by atoms with Crippen LogP contribution in [0.5, 0.6) is 5.75 Å². The van der Waals surface area contributed by atoms with Gasteiger partial charge < -0.3 is 4.74 Å². The van der Waals surface area contributed by atoms with Crippen molar-refractivity contribution in [3.05, 3.63) is 40.8 Å². The molecule has 0 atom stereocenters. The van der Waals surface area contributed by atoms with Gasteiger partial charge >= 0.3 is 0 Å². The summed E-state index contributed by atoms with van der Waals surface area (Å²) in [4.78, 5) is 10.7. The van der Waals surface area contributed by atoms with Crippen molar-refractivity contribution in [3.8, 4) is 39.0 Å².